The van der Waals surface area contributed by atoms with Gasteiger partial charge in [-0.1, -0.05) is 60.7 Å². The molecule has 0 spiro atoms. The molecule has 0 unspecified atom stereocenters. The van der Waals surface area contributed by atoms with Crippen molar-refractivity contribution in [1.29, 1.82) is 0 Å². The summed E-state index contributed by atoms with van der Waals surface area (Å²) in [5.41, 5.74) is 2.15. The number of aromatic nitrogens is 2. The van der Waals surface area contributed by atoms with E-state index in [1.807, 2.05) is 60.7 Å². The molecule has 0 bridgehead atoms. The molecule has 2 aromatic carbocycles. The van der Waals surface area contributed by atoms with E-state index in [0.29, 0.717) is 12.2 Å². The fourth-order valence-corrected chi connectivity index (χ4v) is 3.95. The molecule has 28 heavy (non-hydrogen) atoms. The Bertz CT molecular complexity index is 985. The topological polar surface area (TPSA) is 82.5 Å². The Morgan fingerprint density at radius 1 is 1.00 bits per heavy atom. The quantitative estimate of drug-likeness (QED) is 0.557. The summed E-state index contributed by atoms with van der Waals surface area (Å²) >= 11 is 0. The van der Waals surface area contributed by atoms with Gasteiger partial charge in [0.2, 0.25) is 10.0 Å². The first-order valence-electron chi connectivity index (χ1n) is 8.75. The van der Waals surface area contributed by atoms with Crippen molar-refractivity contribution >= 4 is 10.0 Å². The van der Waals surface area contributed by atoms with Gasteiger partial charge in [-0.2, -0.15) is 5.10 Å². The van der Waals surface area contributed by atoms with E-state index in [0.717, 1.165) is 11.1 Å². The van der Waals surface area contributed by atoms with Crippen molar-refractivity contribution in [3.05, 3.63) is 72.4 Å². The summed E-state index contributed by atoms with van der Waals surface area (Å²) < 4.78 is 40.2. The second-order valence-corrected chi connectivity index (χ2v) is 7.88. The van der Waals surface area contributed by atoms with E-state index in [1.54, 1.807) is 10.9 Å². The molecule has 0 radical (unpaired) electrons. The van der Waals surface area contributed by atoms with E-state index in [2.05, 4.69) is 9.82 Å². The van der Waals surface area contributed by atoms with E-state index in [1.165, 1.54) is 14.2 Å². The van der Waals surface area contributed by atoms with Gasteiger partial charge in [-0.05, 0) is 5.56 Å². The molecular formula is C20H23N3O4S. The second-order valence-electron chi connectivity index (χ2n) is 6.14. The molecule has 8 heteroatoms. The zero-order valence-electron chi connectivity index (χ0n) is 15.8. The minimum absolute atomic E-state index is 0.00652. The molecule has 148 valence electrons. The van der Waals surface area contributed by atoms with E-state index in [4.69, 9.17) is 9.47 Å². The van der Waals surface area contributed by atoms with Gasteiger partial charge in [0.15, 0.2) is 6.29 Å². The Morgan fingerprint density at radius 3 is 2.21 bits per heavy atom. The molecule has 0 saturated carbocycles. The number of nitrogens with one attached hydrogen (secondary N) is 1. The van der Waals surface area contributed by atoms with Crippen molar-refractivity contribution in [1.82, 2.24) is 14.5 Å². The molecule has 7 nitrogen and oxygen atoms in total. The summed E-state index contributed by atoms with van der Waals surface area (Å²) in [6, 6.07) is 19.0. The fraction of sp³-hybridized carbons (Fsp3) is 0.250. The average Bonchev–Trinajstić information content (AvgIpc) is 3.15. The Balaban J connectivity index is 1.96. The molecule has 1 aromatic heterocycles. The van der Waals surface area contributed by atoms with Crippen LogP contribution in [-0.4, -0.2) is 45.3 Å². The van der Waals surface area contributed by atoms with Crippen LogP contribution in [0.15, 0.2) is 71.8 Å². The largest absolute Gasteiger partial charge is 0.355 e. The molecule has 3 aromatic rings. The lowest BCUT2D eigenvalue weighted by molar-refractivity contribution is -0.0960. The number of methoxy groups -OCH3 is 2. The normalized spacial score (nSPS) is 11.8. The van der Waals surface area contributed by atoms with Crippen molar-refractivity contribution in [2.75, 3.05) is 20.8 Å². The summed E-state index contributed by atoms with van der Waals surface area (Å²) in [7, 11) is -0.911. The maximum absolute atomic E-state index is 13.0. The maximum Gasteiger partial charge on any atom is 0.244 e. The van der Waals surface area contributed by atoms with E-state index in [-0.39, 0.29) is 11.4 Å². The number of sulfonamides is 1. The number of benzene rings is 2. The molecular weight excluding hydrogens is 378 g/mol. The van der Waals surface area contributed by atoms with E-state index < -0.39 is 16.3 Å². The molecule has 0 aliphatic carbocycles. The lowest BCUT2D eigenvalue weighted by atomic mass is 10.2. The van der Waals surface area contributed by atoms with Crippen molar-refractivity contribution in [2.45, 2.75) is 17.7 Å². The average molecular weight is 401 g/mol. The highest BCUT2D eigenvalue weighted by atomic mass is 32.2. The molecule has 1 heterocycles. The third-order valence-electron chi connectivity index (χ3n) is 4.22. The number of nitrogens with zero attached hydrogens (tertiary/aromatic N) is 2. The van der Waals surface area contributed by atoms with Crippen molar-refractivity contribution in [3.8, 4) is 11.3 Å². The maximum atomic E-state index is 13.0. The van der Waals surface area contributed by atoms with E-state index >= 15 is 0 Å². The predicted octanol–water partition coefficient (Wildman–Crippen LogP) is 2.50. The smallest absolute Gasteiger partial charge is 0.244 e. The number of hydrogen-bond acceptors (Lipinski definition) is 5. The Hall–Kier alpha value is -2.52. The third kappa shape index (κ3) is 4.85. The summed E-state index contributed by atoms with van der Waals surface area (Å²) in [6.07, 6.45) is 0.876. The van der Waals surface area contributed by atoms with Gasteiger partial charge < -0.3 is 9.47 Å². The van der Waals surface area contributed by atoms with Crippen LogP contribution in [0, 0.1) is 0 Å². The Kier molecular flexibility index (Phi) is 6.58. The minimum Gasteiger partial charge on any atom is -0.355 e. The highest BCUT2D eigenvalue weighted by Gasteiger charge is 2.24. The molecule has 1 N–H and O–H groups in total. The molecule has 0 amide bonds. The summed E-state index contributed by atoms with van der Waals surface area (Å²) in [4.78, 5) is 0.112. The molecule has 0 aliphatic heterocycles. The number of ether oxygens (including phenoxy) is 2. The van der Waals surface area contributed by atoms with Crippen molar-refractivity contribution < 1.29 is 17.9 Å². The SMILES string of the molecule is COC(CNS(=O)(=O)c1cn(Cc2ccccc2)nc1-c1ccccc1)OC. The van der Waals surface area contributed by atoms with Crippen molar-refractivity contribution in [3.63, 3.8) is 0 Å². The van der Waals surface area contributed by atoms with Gasteiger partial charge in [-0.15, -0.1) is 0 Å². The zero-order chi connectivity index (χ0) is 20.0. The van der Waals surface area contributed by atoms with Crippen LogP contribution in [0.2, 0.25) is 0 Å². The van der Waals surface area contributed by atoms with Crippen LogP contribution in [0.3, 0.4) is 0 Å². The predicted molar refractivity (Wildman–Crippen MR) is 106 cm³/mol. The molecule has 0 saturated heterocycles. The Labute approximate surface area is 165 Å². The van der Waals surface area contributed by atoms with Crippen LogP contribution in [0.1, 0.15) is 5.56 Å². The third-order valence-corrected chi connectivity index (χ3v) is 5.64. The number of hydrogen-bond donors (Lipinski definition) is 1. The van der Waals surface area contributed by atoms with Crippen molar-refractivity contribution in [2.24, 2.45) is 0 Å². The molecule has 3 rings (SSSR count). The monoisotopic (exact) mass is 401 g/mol. The summed E-state index contributed by atoms with van der Waals surface area (Å²) in [6.45, 7) is 0.461. The standard InChI is InChI=1S/C20H23N3O4S/c1-26-19(27-2)13-21-28(24,25)18-15-23(14-16-9-5-3-6-10-16)22-20(18)17-11-7-4-8-12-17/h3-12,15,19,21H,13-14H2,1-2H3. The van der Waals surface area contributed by atoms with Crippen LogP contribution in [0.4, 0.5) is 0 Å². The van der Waals surface area contributed by atoms with Crippen LogP contribution in [0.5, 0.6) is 0 Å². The minimum atomic E-state index is -3.82. The highest BCUT2D eigenvalue weighted by molar-refractivity contribution is 7.89. The van der Waals surface area contributed by atoms with Gasteiger partial charge in [0.05, 0.1) is 13.1 Å². The number of rotatable bonds is 9. The van der Waals surface area contributed by atoms with E-state index in [9.17, 15) is 8.42 Å². The van der Waals surface area contributed by atoms with Crippen LogP contribution in [0.25, 0.3) is 11.3 Å². The first-order chi connectivity index (χ1) is 13.5. The second kappa shape index (κ2) is 9.11. The van der Waals surface area contributed by atoms with Crippen LogP contribution in [-0.2, 0) is 26.0 Å². The van der Waals surface area contributed by atoms with Gasteiger partial charge in [0.1, 0.15) is 10.6 Å². The van der Waals surface area contributed by atoms with Gasteiger partial charge in [0.25, 0.3) is 0 Å². The van der Waals surface area contributed by atoms with Gasteiger partial charge >= 0.3 is 0 Å². The van der Waals surface area contributed by atoms with Gasteiger partial charge in [0, 0.05) is 26.0 Å². The first kappa shape index (κ1) is 20.2. The van der Waals surface area contributed by atoms with Crippen LogP contribution < -0.4 is 4.72 Å². The lowest BCUT2D eigenvalue weighted by Gasteiger charge is -2.14. The fourth-order valence-electron chi connectivity index (χ4n) is 2.77. The Morgan fingerprint density at radius 2 is 1.61 bits per heavy atom. The summed E-state index contributed by atoms with van der Waals surface area (Å²) in [5, 5.41) is 4.54. The molecule has 0 aliphatic rings. The zero-order valence-corrected chi connectivity index (χ0v) is 16.6. The first-order valence-corrected chi connectivity index (χ1v) is 10.2. The van der Waals surface area contributed by atoms with Gasteiger partial charge in [-0.25, -0.2) is 13.1 Å². The highest BCUT2D eigenvalue weighted by Crippen LogP contribution is 2.26. The summed E-state index contributed by atoms with van der Waals surface area (Å²) in [5.74, 6) is 0. The molecule has 0 fully saturated rings. The molecule has 0 atom stereocenters. The van der Waals surface area contributed by atoms with Gasteiger partial charge in [-0.3, -0.25) is 4.68 Å². The van der Waals surface area contributed by atoms with Crippen LogP contribution >= 0.6 is 0 Å². The lowest BCUT2D eigenvalue weighted by Crippen LogP contribution is -2.34.